The summed E-state index contributed by atoms with van der Waals surface area (Å²) in [5.41, 5.74) is 2.75. The van der Waals surface area contributed by atoms with Crippen LogP contribution in [0, 0.1) is 5.92 Å². The van der Waals surface area contributed by atoms with Crippen LogP contribution in [0.4, 0.5) is 0 Å². The molecule has 0 bridgehead atoms. The lowest BCUT2D eigenvalue weighted by atomic mass is 9.94. The second-order valence-electron chi connectivity index (χ2n) is 7.83. The van der Waals surface area contributed by atoms with E-state index in [0.717, 1.165) is 12.0 Å². The van der Waals surface area contributed by atoms with Gasteiger partial charge < -0.3 is 10.1 Å². The van der Waals surface area contributed by atoms with E-state index in [9.17, 15) is 13.2 Å². The summed E-state index contributed by atoms with van der Waals surface area (Å²) in [6.45, 7) is 7.73. The van der Waals surface area contributed by atoms with E-state index in [1.54, 1.807) is 12.1 Å². The summed E-state index contributed by atoms with van der Waals surface area (Å²) in [5, 5.41) is 3.09. The maximum atomic E-state index is 12.8. The van der Waals surface area contributed by atoms with Crippen LogP contribution in [0.2, 0.25) is 0 Å². The number of aryl methyl sites for hydroxylation is 1. The van der Waals surface area contributed by atoms with Gasteiger partial charge >= 0.3 is 0 Å². The molecule has 0 spiro atoms. The number of hydrogen-bond acceptors (Lipinski definition) is 4. The van der Waals surface area contributed by atoms with Crippen LogP contribution in [0.5, 0.6) is 0 Å². The van der Waals surface area contributed by atoms with E-state index in [2.05, 4.69) is 50.4 Å². The average molecular weight is 431 g/mol. The number of benzene rings is 2. The molecule has 1 fully saturated rings. The summed E-state index contributed by atoms with van der Waals surface area (Å²) in [6.07, 6.45) is 0.971. The van der Waals surface area contributed by atoms with Crippen molar-refractivity contribution in [1.82, 2.24) is 9.62 Å². The topological polar surface area (TPSA) is 75.7 Å². The molecule has 1 amide bonds. The summed E-state index contributed by atoms with van der Waals surface area (Å²) >= 11 is 0. The third-order valence-electron chi connectivity index (χ3n) is 5.42. The van der Waals surface area contributed by atoms with Crippen LogP contribution < -0.4 is 5.32 Å². The lowest BCUT2D eigenvalue weighted by Gasteiger charge is -2.26. The minimum absolute atomic E-state index is 0.125. The van der Waals surface area contributed by atoms with Gasteiger partial charge in [0.25, 0.3) is 5.91 Å². The van der Waals surface area contributed by atoms with Crippen molar-refractivity contribution in [1.29, 1.82) is 0 Å². The number of morpholine rings is 1. The van der Waals surface area contributed by atoms with Crippen molar-refractivity contribution in [3.63, 3.8) is 0 Å². The number of ether oxygens (including phenoxy) is 1. The first-order valence-electron chi connectivity index (χ1n) is 10.4. The minimum atomic E-state index is -3.57. The Hall–Kier alpha value is -2.22. The zero-order chi connectivity index (χ0) is 21.7. The number of hydrogen-bond donors (Lipinski definition) is 1. The SMILES string of the molecule is CCc1ccc(C(NC(=O)c2ccc(S(=O)(=O)N3CCOCC3)cc2)C(C)C)cc1. The smallest absolute Gasteiger partial charge is 0.251 e. The predicted octanol–water partition coefficient (Wildman–Crippen LogP) is 3.40. The molecular formula is C23H30N2O4S. The Bertz CT molecular complexity index is 948. The van der Waals surface area contributed by atoms with Gasteiger partial charge in [0.05, 0.1) is 24.2 Å². The monoisotopic (exact) mass is 430 g/mol. The van der Waals surface area contributed by atoms with Gasteiger partial charge in [-0.15, -0.1) is 0 Å². The van der Waals surface area contributed by atoms with Crippen LogP contribution in [-0.4, -0.2) is 44.9 Å². The third kappa shape index (κ3) is 5.09. The molecule has 1 aliphatic heterocycles. The molecule has 162 valence electrons. The first-order chi connectivity index (χ1) is 14.3. The fourth-order valence-electron chi connectivity index (χ4n) is 3.53. The highest BCUT2D eigenvalue weighted by Gasteiger charge is 2.26. The molecule has 3 rings (SSSR count). The molecule has 1 heterocycles. The quantitative estimate of drug-likeness (QED) is 0.731. The number of amides is 1. The molecule has 0 aliphatic carbocycles. The Morgan fingerprint density at radius 1 is 1.03 bits per heavy atom. The average Bonchev–Trinajstić information content (AvgIpc) is 2.78. The summed E-state index contributed by atoms with van der Waals surface area (Å²) < 4.78 is 32.1. The Labute approximate surface area is 179 Å². The van der Waals surface area contributed by atoms with Crippen LogP contribution in [0.15, 0.2) is 53.4 Å². The maximum Gasteiger partial charge on any atom is 0.251 e. The Morgan fingerprint density at radius 2 is 1.63 bits per heavy atom. The molecule has 7 heteroatoms. The number of sulfonamides is 1. The molecular weight excluding hydrogens is 400 g/mol. The Morgan fingerprint density at radius 3 is 2.17 bits per heavy atom. The van der Waals surface area contributed by atoms with Crippen LogP contribution >= 0.6 is 0 Å². The highest BCUT2D eigenvalue weighted by atomic mass is 32.2. The van der Waals surface area contributed by atoms with Crippen molar-refractivity contribution in [2.75, 3.05) is 26.3 Å². The second kappa shape index (κ2) is 9.73. The number of nitrogens with zero attached hydrogens (tertiary/aromatic N) is 1. The van der Waals surface area contributed by atoms with Crippen molar-refractivity contribution in [3.8, 4) is 0 Å². The highest BCUT2D eigenvalue weighted by molar-refractivity contribution is 7.89. The molecule has 1 N–H and O–H groups in total. The van der Waals surface area contributed by atoms with Crippen LogP contribution in [-0.2, 0) is 21.2 Å². The van der Waals surface area contributed by atoms with Crippen molar-refractivity contribution in [3.05, 3.63) is 65.2 Å². The Balaban J connectivity index is 1.74. The van der Waals surface area contributed by atoms with Gasteiger partial charge in [-0.05, 0) is 47.7 Å². The van der Waals surface area contributed by atoms with E-state index in [4.69, 9.17) is 4.74 Å². The summed E-state index contributed by atoms with van der Waals surface area (Å²) in [4.78, 5) is 13.0. The van der Waals surface area contributed by atoms with Crippen molar-refractivity contribution < 1.29 is 17.9 Å². The van der Waals surface area contributed by atoms with Crippen LogP contribution in [0.25, 0.3) is 0 Å². The van der Waals surface area contributed by atoms with Gasteiger partial charge in [-0.1, -0.05) is 45.0 Å². The summed E-state index contributed by atoms with van der Waals surface area (Å²) in [6, 6.07) is 14.3. The molecule has 1 atom stereocenters. The van der Waals surface area contributed by atoms with E-state index in [1.807, 2.05) is 0 Å². The largest absolute Gasteiger partial charge is 0.379 e. The van der Waals surface area contributed by atoms with Crippen molar-refractivity contribution >= 4 is 15.9 Å². The lowest BCUT2D eigenvalue weighted by molar-refractivity contribution is 0.0730. The van der Waals surface area contributed by atoms with Gasteiger partial charge in [0.1, 0.15) is 0 Å². The van der Waals surface area contributed by atoms with Crippen molar-refractivity contribution in [2.24, 2.45) is 5.92 Å². The Kier molecular flexibility index (Phi) is 7.28. The van der Waals surface area contributed by atoms with Gasteiger partial charge in [-0.2, -0.15) is 4.31 Å². The van der Waals surface area contributed by atoms with Crippen LogP contribution in [0.3, 0.4) is 0 Å². The summed E-state index contributed by atoms with van der Waals surface area (Å²) in [7, 11) is -3.57. The van der Waals surface area contributed by atoms with E-state index in [0.29, 0.717) is 31.9 Å². The third-order valence-corrected chi connectivity index (χ3v) is 7.34. The molecule has 2 aromatic carbocycles. The van der Waals surface area contributed by atoms with Gasteiger partial charge in [0.2, 0.25) is 10.0 Å². The van der Waals surface area contributed by atoms with Gasteiger partial charge in [0, 0.05) is 18.7 Å². The van der Waals surface area contributed by atoms with Crippen molar-refractivity contribution in [2.45, 2.75) is 38.1 Å². The van der Waals surface area contributed by atoms with E-state index in [1.165, 1.54) is 22.0 Å². The van der Waals surface area contributed by atoms with Gasteiger partial charge in [-0.3, -0.25) is 4.79 Å². The molecule has 6 nitrogen and oxygen atoms in total. The maximum absolute atomic E-state index is 12.8. The molecule has 30 heavy (non-hydrogen) atoms. The zero-order valence-electron chi connectivity index (χ0n) is 17.8. The lowest BCUT2D eigenvalue weighted by Crippen LogP contribution is -2.40. The molecule has 1 unspecified atom stereocenters. The molecule has 0 radical (unpaired) electrons. The predicted molar refractivity (Wildman–Crippen MR) is 117 cm³/mol. The fraction of sp³-hybridized carbons (Fsp3) is 0.435. The number of rotatable bonds is 7. The van der Waals surface area contributed by atoms with Gasteiger partial charge in [-0.25, -0.2) is 8.42 Å². The van der Waals surface area contributed by atoms with E-state index >= 15 is 0 Å². The minimum Gasteiger partial charge on any atom is -0.379 e. The highest BCUT2D eigenvalue weighted by Crippen LogP contribution is 2.23. The molecule has 1 saturated heterocycles. The number of carbonyl (C=O) groups excluding carboxylic acids is 1. The van der Waals surface area contributed by atoms with Gasteiger partial charge in [0.15, 0.2) is 0 Å². The zero-order valence-corrected chi connectivity index (χ0v) is 18.6. The number of nitrogens with one attached hydrogen (secondary N) is 1. The standard InChI is InChI=1S/C23H30N2O4S/c1-4-18-5-7-19(8-6-18)22(17(2)3)24-23(26)20-9-11-21(12-10-20)30(27,28)25-13-15-29-16-14-25/h5-12,17,22H,4,13-16H2,1-3H3,(H,24,26). The molecule has 0 saturated carbocycles. The first-order valence-corrected chi connectivity index (χ1v) is 11.8. The van der Waals surface area contributed by atoms with E-state index in [-0.39, 0.29) is 22.8 Å². The molecule has 2 aromatic rings. The van der Waals surface area contributed by atoms with E-state index < -0.39 is 10.0 Å². The molecule has 1 aliphatic rings. The molecule has 0 aromatic heterocycles. The number of carbonyl (C=O) groups is 1. The second-order valence-corrected chi connectivity index (χ2v) is 9.77. The first kappa shape index (κ1) is 22.5. The fourth-order valence-corrected chi connectivity index (χ4v) is 4.94. The normalized spacial score (nSPS) is 16.4. The van der Waals surface area contributed by atoms with Crippen LogP contribution in [0.1, 0.15) is 48.3 Å². The summed E-state index contributed by atoms with van der Waals surface area (Å²) in [5.74, 6) is -0.00835.